The molecule has 0 saturated heterocycles. The molecule has 1 rings (SSSR count). The first-order chi connectivity index (χ1) is 8.58. The van der Waals surface area contributed by atoms with Crippen LogP contribution >= 0.6 is 0 Å². The van der Waals surface area contributed by atoms with E-state index < -0.39 is 18.2 Å². The van der Waals surface area contributed by atoms with Crippen molar-refractivity contribution in [3.63, 3.8) is 0 Å². The number of pyridine rings is 1. The van der Waals surface area contributed by atoms with Gasteiger partial charge in [-0.05, 0) is 13.0 Å². The maximum atomic E-state index is 11.2. The summed E-state index contributed by atoms with van der Waals surface area (Å²) in [5.41, 5.74) is 2.74. The van der Waals surface area contributed by atoms with Crippen LogP contribution in [0.25, 0.3) is 0 Å². The van der Waals surface area contributed by atoms with Gasteiger partial charge in [-0.1, -0.05) is 6.07 Å². The Bertz CT molecular complexity index is 382. The predicted octanol–water partition coefficient (Wildman–Crippen LogP) is -0.285. The molecule has 2 atom stereocenters. The summed E-state index contributed by atoms with van der Waals surface area (Å²) in [6.07, 6.45) is -1.34. The van der Waals surface area contributed by atoms with Gasteiger partial charge in [0.2, 0.25) is 0 Å². The Morgan fingerprint density at radius 2 is 2.28 bits per heavy atom. The van der Waals surface area contributed by atoms with Gasteiger partial charge in [-0.15, -0.1) is 0 Å². The van der Waals surface area contributed by atoms with Crippen LogP contribution in [0.15, 0.2) is 18.3 Å². The highest BCUT2D eigenvalue weighted by molar-refractivity contribution is 5.70. The number of carbonyl (C=O) groups excluding carboxylic acids is 1. The molecule has 5 N–H and O–H groups in total. The number of hydrogen-bond acceptors (Lipinski definition) is 7. The molecule has 1 aromatic rings. The molecule has 0 aliphatic heterocycles. The van der Waals surface area contributed by atoms with Crippen LogP contribution in [0.2, 0.25) is 0 Å². The van der Waals surface area contributed by atoms with E-state index in [9.17, 15) is 15.0 Å². The van der Waals surface area contributed by atoms with Gasteiger partial charge in [0.25, 0.3) is 0 Å². The number of nitrogens with one attached hydrogen (secondary N) is 1. The van der Waals surface area contributed by atoms with Crippen molar-refractivity contribution in [1.82, 2.24) is 4.98 Å². The third-order valence-electron chi connectivity index (χ3n) is 2.32. The number of hydrogen-bond donors (Lipinski definition) is 4. The number of hydrazine groups is 1. The van der Waals surface area contributed by atoms with Crippen molar-refractivity contribution in [2.75, 3.05) is 12.0 Å². The van der Waals surface area contributed by atoms with Crippen molar-refractivity contribution in [1.29, 1.82) is 0 Å². The lowest BCUT2D eigenvalue weighted by Crippen LogP contribution is -2.23. The molecule has 0 fully saturated rings. The summed E-state index contributed by atoms with van der Waals surface area (Å²) < 4.78 is 4.68. The van der Waals surface area contributed by atoms with Crippen LogP contribution in [0.3, 0.4) is 0 Å². The number of aliphatic hydroxyl groups is 2. The van der Waals surface area contributed by atoms with E-state index >= 15 is 0 Å². The van der Waals surface area contributed by atoms with Gasteiger partial charge in [0.15, 0.2) is 0 Å². The number of carbonyl (C=O) groups is 1. The second kappa shape index (κ2) is 6.90. The average molecular weight is 255 g/mol. The quantitative estimate of drug-likeness (QED) is 0.313. The maximum Gasteiger partial charge on any atom is 0.308 e. The molecule has 0 bridgehead atoms. The van der Waals surface area contributed by atoms with Gasteiger partial charge in [-0.3, -0.25) is 4.79 Å². The topological polar surface area (TPSA) is 118 Å². The zero-order valence-electron chi connectivity index (χ0n) is 10.0. The van der Waals surface area contributed by atoms with Crippen LogP contribution in [-0.4, -0.2) is 33.9 Å². The minimum absolute atomic E-state index is 0.236. The Kier molecular flexibility index (Phi) is 5.50. The minimum Gasteiger partial charge on any atom is -0.466 e. The number of aromatic nitrogens is 1. The van der Waals surface area contributed by atoms with Crippen LogP contribution in [-0.2, 0) is 9.53 Å². The molecule has 2 unspecified atom stereocenters. The van der Waals surface area contributed by atoms with Crippen LogP contribution < -0.4 is 11.3 Å². The number of esters is 1. The van der Waals surface area contributed by atoms with Gasteiger partial charge in [-0.25, -0.2) is 10.8 Å². The number of nitrogen functional groups attached to an aromatic ring is 1. The van der Waals surface area contributed by atoms with E-state index in [0.717, 1.165) is 0 Å². The first-order valence-corrected chi connectivity index (χ1v) is 5.52. The van der Waals surface area contributed by atoms with Crippen molar-refractivity contribution in [3.8, 4) is 0 Å². The monoisotopic (exact) mass is 255 g/mol. The van der Waals surface area contributed by atoms with Crippen LogP contribution in [0, 0.1) is 0 Å². The molecular formula is C11H17N3O4. The molecule has 0 spiro atoms. The summed E-state index contributed by atoms with van der Waals surface area (Å²) in [5.74, 6) is 5.03. The fourth-order valence-corrected chi connectivity index (χ4v) is 1.39. The highest BCUT2D eigenvalue weighted by Crippen LogP contribution is 2.19. The van der Waals surface area contributed by atoms with Crippen LogP contribution in [0.1, 0.15) is 25.0 Å². The van der Waals surface area contributed by atoms with Gasteiger partial charge < -0.3 is 20.4 Å². The molecular weight excluding hydrogens is 238 g/mol. The Morgan fingerprint density at radius 3 is 2.78 bits per heavy atom. The first-order valence-electron chi connectivity index (χ1n) is 5.52. The average Bonchev–Trinajstić information content (AvgIpc) is 2.38. The molecule has 7 heteroatoms. The van der Waals surface area contributed by atoms with Crippen molar-refractivity contribution < 1.29 is 19.7 Å². The molecule has 100 valence electrons. The third-order valence-corrected chi connectivity index (χ3v) is 2.32. The van der Waals surface area contributed by atoms with Gasteiger partial charge in [-0.2, -0.15) is 0 Å². The highest BCUT2D eigenvalue weighted by atomic mass is 16.5. The van der Waals surface area contributed by atoms with Gasteiger partial charge in [0, 0.05) is 11.8 Å². The van der Waals surface area contributed by atoms with Crippen LogP contribution in [0.5, 0.6) is 0 Å². The van der Waals surface area contributed by atoms with E-state index in [1.807, 2.05) is 0 Å². The van der Waals surface area contributed by atoms with Gasteiger partial charge in [0.1, 0.15) is 11.9 Å². The Hall–Kier alpha value is -1.70. The van der Waals surface area contributed by atoms with E-state index in [2.05, 4.69) is 15.1 Å². The number of nitrogens with zero attached hydrogens (tertiary/aromatic N) is 1. The lowest BCUT2D eigenvalue weighted by atomic mass is 10.0. The second-order valence-electron chi connectivity index (χ2n) is 3.64. The largest absolute Gasteiger partial charge is 0.466 e. The fraction of sp³-hybridized carbons (Fsp3) is 0.455. The third kappa shape index (κ3) is 3.95. The van der Waals surface area contributed by atoms with Crippen LogP contribution in [0.4, 0.5) is 5.82 Å². The summed E-state index contributed by atoms with van der Waals surface area (Å²) in [4.78, 5) is 15.0. The lowest BCUT2D eigenvalue weighted by Gasteiger charge is -2.17. The second-order valence-corrected chi connectivity index (χ2v) is 3.64. The summed E-state index contributed by atoms with van der Waals surface area (Å²) in [7, 11) is 0. The number of aliphatic hydroxyl groups excluding tert-OH is 2. The van der Waals surface area contributed by atoms with Gasteiger partial charge in [0.05, 0.1) is 19.1 Å². The smallest absolute Gasteiger partial charge is 0.308 e. The SMILES string of the molecule is CCOC(=O)CC(O)C(O)c1ccc(NN)nc1. The first kappa shape index (κ1) is 14.4. The molecule has 0 aliphatic rings. The van der Waals surface area contributed by atoms with E-state index in [0.29, 0.717) is 11.4 Å². The number of rotatable bonds is 6. The molecule has 0 amide bonds. The number of anilines is 1. The Morgan fingerprint density at radius 1 is 1.56 bits per heavy atom. The molecule has 1 heterocycles. The highest BCUT2D eigenvalue weighted by Gasteiger charge is 2.22. The van der Waals surface area contributed by atoms with Crippen molar-refractivity contribution in [2.24, 2.45) is 5.84 Å². The number of nitrogens with two attached hydrogens (primary N) is 1. The standard InChI is InChI=1S/C11H17N3O4/c1-2-18-10(16)5-8(15)11(17)7-3-4-9(14-12)13-6-7/h3-4,6,8,11,15,17H,2,5,12H2,1H3,(H,13,14). The Balaban J connectivity index is 2.61. The molecule has 7 nitrogen and oxygen atoms in total. The summed E-state index contributed by atoms with van der Waals surface area (Å²) in [6.45, 7) is 1.91. The lowest BCUT2D eigenvalue weighted by molar-refractivity contribution is -0.147. The van der Waals surface area contributed by atoms with E-state index in [4.69, 9.17) is 5.84 Å². The normalized spacial score (nSPS) is 13.8. The summed E-state index contributed by atoms with van der Waals surface area (Å²) >= 11 is 0. The zero-order valence-corrected chi connectivity index (χ0v) is 10.0. The molecule has 18 heavy (non-hydrogen) atoms. The molecule has 0 aliphatic carbocycles. The van der Waals surface area contributed by atoms with E-state index in [1.54, 1.807) is 19.1 Å². The molecule has 1 aromatic heterocycles. The van der Waals surface area contributed by atoms with Crippen molar-refractivity contribution >= 4 is 11.8 Å². The summed E-state index contributed by atoms with van der Waals surface area (Å²) in [5, 5.41) is 19.5. The van der Waals surface area contributed by atoms with Gasteiger partial charge >= 0.3 is 5.97 Å². The van der Waals surface area contributed by atoms with Crippen molar-refractivity contribution in [3.05, 3.63) is 23.9 Å². The molecule has 0 saturated carbocycles. The predicted molar refractivity (Wildman–Crippen MR) is 64.3 cm³/mol. The number of ether oxygens (including phenoxy) is 1. The minimum atomic E-state index is -1.23. The van der Waals surface area contributed by atoms with Crippen molar-refractivity contribution in [2.45, 2.75) is 25.6 Å². The molecule has 0 aromatic carbocycles. The van der Waals surface area contributed by atoms with E-state index in [1.165, 1.54) is 6.20 Å². The maximum absolute atomic E-state index is 11.2. The fourth-order valence-electron chi connectivity index (χ4n) is 1.39. The Labute approximate surface area is 105 Å². The van der Waals surface area contributed by atoms with E-state index in [-0.39, 0.29) is 13.0 Å². The summed E-state index contributed by atoms with van der Waals surface area (Å²) in [6, 6.07) is 3.11. The molecule has 0 radical (unpaired) electrons. The zero-order chi connectivity index (χ0) is 13.5.